The lowest BCUT2D eigenvalue weighted by Gasteiger charge is -2.18. The SMILES string of the molecule is CC[C@H](N)c1nc2cccc(F)c2c(=O)n1Nc1cccc(F)c1.Cl. The summed E-state index contributed by atoms with van der Waals surface area (Å²) in [5.74, 6) is -0.879. The van der Waals surface area contributed by atoms with Crippen LogP contribution in [0.3, 0.4) is 0 Å². The Balaban J connectivity index is 0.00000225. The van der Waals surface area contributed by atoms with Gasteiger partial charge in [-0.15, -0.1) is 12.4 Å². The van der Waals surface area contributed by atoms with E-state index in [1.807, 2.05) is 6.92 Å². The number of rotatable bonds is 4. The zero-order chi connectivity index (χ0) is 17.3. The Hall–Kier alpha value is -2.51. The molecule has 1 heterocycles. The van der Waals surface area contributed by atoms with Gasteiger partial charge in [0.15, 0.2) is 0 Å². The fourth-order valence-corrected chi connectivity index (χ4v) is 2.43. The van der Waals surface area contributed by atoms with Crippen LogP contribution in [0.4, 0.5) is 14.5 Å². The molecule has 0 bridgehead atoms. The average Bonchev–Trinajstić information content (AvgIpc) is 2.56. The highest BCUT2D eigenvalue weighted by Gasteiger charge is 2.18. The van der Waals surface area contributed by atoms with Crippen LogP contribution in [-0.2, 0) is 0 Å². The van der Waals surface area contributed by atoms with Gasteiger partial charge in [0.25, 0.3) is 5.56 Å². The molecule has 0 radical (unpaired) electrons. The molecule has 0 aliphatic heterocycles. The van der Waals surface area contributed by atoms with Gasteiger partial charge in [-0.25, -0.2) is 18.4 Å². The van der Waals surface area contributed by atoms with E-state index in [-0.39, 0.29) is 29.1 Å². The fraction of sp³-hybridized carbons (Fsp3) is 0.176. The van der Waals surface area contributed by atoms with Crippen LogP contribution in [0.15, 0.2) is 47.3 Å². The van der Waals surface area contributed by atoms with Gasteiger partial charge in [-0.1, -0.05) is 19.1 Å². The summed E-state index contributed by atoms with van der Waals surface area (Å²) >= 11 is 0. The highest BCUT2D eigenvalue weighted by atomic mass is 35.5. The Bertz CT molecular complexity index is 961. The minimum atomic E-state index is -0.670. The Labute approximate surface area is 148 Å². The number of halogens is 3. The molecule has 5 nitrogen and oxygen atoms in total. The van der Waals surface area contributed by atoms with Gasteiger partial charge in [-0.3, -0.25) is 10.2 Å². The molecule has 0 saturated heterocycles. The molecular formula is C17H17ClF2N4O. The molecule has 3 rings (SSSR count). The van der Waals surface area contributed by atoms with Gasteiger partial charge in [0.2, 0.25) is 0 Å². The van der Waals surface area contributed by atoms with Crippen LogP contribution in [-0.4, -0.2) is 9.66 Å². The topological polar surface area (TPSA) is 72.9 Å². The molecule has 0 fully saturated rings. The summed E-state index contributed by atoms with van der Waals surface area (Å²) in [5, 5.41) is -0.145. The van der Waals surface area contributed by atoms with Crippen LogP contribution in [0.5, 0.6) is 0 Å². The Morgan fingerprint density at radius 2 is 1.96 bits per heavy atom. The minimum absolute atomic E-state index is 0. The highest BCUT2D eigenvalue weighted by Crippen LogP contribution is 2.18. The molecule has 0 saturated carbocycles. The van der Waals surface area contributed by atoms with Gasteiger partial charge in [0.05, 0.1) is 17.2 Å². The first-order valence-electron chi connectivity index (χ1n) is 7.50. The second-order valence-corrected chi connectivity index (χ2v) is 5.38. The molecule has 132 valence electrons. The van der Waals surface area contributed by atoms with Gasteiger partial charge in [-0.05, 0) is 36.8 Å². The summed E-state index contributed by atoms with van der Waals surface area (Å²) in [4.78, 5) is 17.1. The molecule has 0 amide bonds. The summed E-state index contributed by atoms with van der Waals surface area (Å²) < 4.78 is 28.5. The van der Waals surface area contributed by atoms with E-state index in [2.05, 4.69) is 10.4 Å². The zero-order valence-electron chi connectivity index (χ0n) is 13.4. The lowest BCUT2D eigenvalue weighted by atomic mass is 10.2. The van der Waals surface area contributed by atoms with Crippen LogP contribution in [0, 0.1) is 11.6 Å². The van der Waals surface area contributed by atoms with Crippen molar-refractivity contribution in [1.82, 2.24) is 9.66 Å². The average molecular weight is 367 g/mol. The maximum atomic E-state index is 14.1. The smallest absolute Gasteiger partial charge is 0.283 e. The molecule has 25 heavy (non-hydrogen) atoms. The lowest BCUT2D eigenvalue weighted by molar-refractivity contribution is 0.600. The number of aromatic nitrogens is 2. The summed E-state index contributed by atoms with van der Waals surface area (Å²) in [6.45, 7) is 1.85. The van der Waals surface area contributed by atoms with Crippen LogP contribution in [0.1, 0.15) is 25.2 Å². The van der Waals surface area contributed by atoms with E-state index in [1.54, 1.807) is 12.1 Å². The lowest BCUT2D eigenvalue weighted by Crippen LogP contribution is -2.34. The van der Waals surface area contributed by atoms with Crippen molar-refractivity contribution in [3.63, 3.8) is 0 Å². The van der Waals surface area contributed by atoms with E-state index < -0.39 is 23.2 Å². The molecular weight excluding hydrogens is 350 g/mol. The Kier molecular flexibility index (Phi) is 5.71. The third-order valence-corrected chi connectivity index (χ3v) is 3.71. The molecule has 0 aliphatic carbocycles. The summed E-state index contributed by atoms with van der Waals surface area (Å²) in [7, 11) is 0. The molecule has 0 aliphatic rings. The van der Waals surface area contributed by atoms with Crippen molar-refractivity contribution in [3.05, 3.63) is 70.3 Å². The predicted molar refractivity (Wildman–Crippen MR) is 95.8 cm³/mol. The van der Waals surface area contributed by atoms with Crippen molar-refractivity contribution in [3.8, 4) is 0 Å². The first-order valence-corrected chi connectivity index (χ1v) is 7.50. The monoisotopic (exact) mass is 366 g/mol. The van der Waals surface area contributed by atoms with E-state index in [0.717, 1.165) is 4.68 Å². The van der Waals surface area contributed by atoms with Crippen molar-refractivity contribution < 1.29 is 8.78 Å². The van der Waals surface area contributed by atoms with E-state index in [4.69, 9.17) is 5.73 Å². The molecule has 1 atom stereocenters. The molecule has 1 aromatic heterocycles. The largest absolute Gasteiger partial charge is 0.321 e. The second kappa shape index (κ2) is 7.58. The minimum Gasteiger partial charge on any atom is -0.321 e. The van der Waals surface area contributed by atoms with E-state index in [1.165, 1.54) is 30.3 Å². The zero-order valence-corrected chi connectivity index (χ0v) is 14.2. The van der Waals surface area contributed by atoms with Gasteiger partial charge in [-0.2, -0.15) is 0 Å². The maximum Gasteiger partial charge on any atom is 0.283 e. The molecule has 0 spiro atoms. The third-order valence-electron chi connectivity index (χ3n) is 3.71. The number of hydrogen-bond acceptors (Lipinski definition) is 4. The second-order valence-electron chi connectivity index (χ2n) is 5.38. The summed E-state index contributed by atoms with van der Waals surface area (Å²) in [5.41, 5.74) is 8.76. The third kappa shape index (κ3) is 3.62. The van der Waals surface area contributed by atoms with Crippen molar-refractivity contribution >= 4 is 29.0 Å². The standard InChI is InChI=1S/C17H16F2N4O.ClH/c1-2-13(20)16-21-14-8-4-7-12(19)15(14)17(24)23(16)22-11-6-3-5-10(18)9-11;/h3-9,13,22H,2,20H2,1H3;1H/t13-;/m0./s1. The van der Waals surface area contributed by atoms with Crippen molar-refractivity contribution in [1.29, 1.82) is 0 Å². The Morgan fingerprint density at radius 3 is 2.64 bits per heavy atom. The van der Waals surface area contributed by atoms with Gasteiger partial charge in [0, 0.05) is 0 Å². The van der Waals surface area contributed by atoms with Crippen LogP contribution >= 0.6 is 12.4 Å². The van der Waals surface area contributed by atoms with Crippen LogP contribution in [0.25, 0.3) is 10.9 Å². The first-order chi connectivity index (χ1) is 11.5. The van der Waals surface area contributed by atoms with E-state index >= 15 is 0 Å². The number of nitrogens with one attached hydrogen (secondary N) is 1. The van der Waals surface area contributed by atoms with Crippen molar-refractivity contribution in [2.75, 3.05) is 5.43 Å². The predicted octanol–water partition coefficient (Wildman–Crippen LogP) is 3.38. The molecule has 0 unspecified atom stereocenters. The maximum absolute atomic E-state index is 14.1. The first kappa shape index (κ1) is 18.8. The number of nitrogens with zero attached hydrogens (tertiary/aromatic N) is 2. The van der Waals surface area contributed by atoms with Gasteiger partial charge in [0.1, 0.15) is 22.8 Å². The number of fused-ring (bicyclic) bond motifs is 1. The number of hydrogen-bond donors (Lipinski definition) is 2. The number of benzene rings is 2. The van der Waals surface area contributed by atoms with Crippen LogP contribution < -0.4 is 16.7 Å². The van der Waals surface area contributed by atoms with Gasteiger partial charge >= 0.3 is 0 Å². The highest BCUT2D eigenvalue weighted by molar-refractivity contribution is 5.85. The fourth-order valence-electron chi connectivity index (χ4n) is 2.43. The quantitative estimate of drug-likeness (QED) is 0.742. The molecule has 3 aromatic rings. The number of anilines is 1. The molecule has 8 heteroatoms. The van der Waals surface area contributed by atoms with E-state index in [9.17, 15) is 13.6 Å². The molecule has 3 N–H and O–H groups in total. The number of nitrogens with two attached hydrogens (primary N) is 1. The molecule has 2 aromatic carbocycles. The van der Waals surface area contributed by atoms with Crippen molar-refractivity contribution in [2.24, 2.45) is 5.73 Å². The van der Waals surface area contributed by atoms with E-state index in [0.29, 0.717) is 12.1 Å². The Morgan fingerprint density at radius 1 is 1.24 bits per heavy atom. The van der Waals surface area contributed by atoms with Crippen LogP contribution in [0.2, 0.25) is 0 Å². The normalized spacial score (nSPS) is 11.8. The summed E-state index contributed by atoms with van der Waals surface area (Å²) in [6, 6.07) is 9.28. The van der Waals surface area contributed by atoms with Gasteiger partial charge < -0.3 is 5.73 Å². The summed E-state index contributed by atoms with van der Waals surface area (Å²) in [6.07, 6.45) is 0.526. The van der Waals surface area contributed by atoms with Crippen molar-refractivity contribution in [2.45, 2.75) is 19.4 Å².